The fourth-order valence-electron chi connectivity index (χ4n) is 1.27. The fraction of sp³-hybridized carbons (Fsp3) is 0.273. The van der Waals surface area contributed by atoms with Crippen LogP contribution in [0.1, 0.15) is 17.2 Å². The maximum absolute atomic E-state index is 12.3. The van der Waals surface area contributed by atoms with E-state index in [9.17, 15) is 31.1 Å². The molecule has 0 radical (unpaired) electrons. The second-order valence-corrected chi connectivity index (χ2v) is 3.65. The molecule has 108 valence electrons. The summed E-state index contributed by atoms with van der Waals surface area (Å²) in [5, 5.41) is 10.0. The smallest absolute Gasteiger partial charge is 0.329 e. The number of nitriles is 1. The van der Waals surface area contributed by atoms with Crippen LogP contribution < -0.4 is 5.32 Å². The predicted octanol–water partition coefficient (Wildman–Crippen LogP) is 2.95. The van der Waals surface area contributed by atoms with Crippen molar-refractivity contribution >= 4 is 5.91 Å². The highest BCUT2D eigenvalue weighted by Crippen LogP contribution is 2.30. The normalized spacial score (nSPS) is 13.4. The van der Waals surface area contributed by atoms with Gasteiger partial charge in [-0.1, -0.05) is 12.1 Å². The lowest BCUT2D eigenvalue weighted by Gasteiger charge is -2.14. The number of hydrogen-bond donors (Lipinski definition) is 1. The van der Waals surface area contributed by atoms with Crippen molar-refractivity contribution in [1.82, 2.24) is 5.32 Å². The Morgan fingerprint density at radius 1 is 1.10 bits per heavy atom. The first-order valence-electron chi connectivity index (χ1n) is 5.00. The number of amides is 1. The standard InChI is InChI=1S/C11H6F6N2O/c12-10(13,14)7-3-1-6(2-4-7)8(5-18)19-9(20)11(15,16)17/h1-4,8H,(H,19,20). The number of nitrogens with one attached hydrogen (secondary N) is 1. The highest BCUT2D eigenvalue weighted by atomic mass is 19.4. The van der Waals surface area contributed by atoms with Gasteiger partial charge >= 0.3 is 18.3 Å². The lowest BCUT2D eigenvalue weighted by Crippen LogP contribution is -2.38. The molecule has 0 aliphatic rings. The third-order valence-corrected chi connectivity index (χ3v) is 2.23. The van der Waals surface area contributed by atoms with E-state index in [2.05, 4.69) is 0 Å². The average Bonchev–Trinajstić information content (AvgIpc) is 2.33. The summed E-state index contributed by atoms with van der Waals surface area (Å²) in [5.41, 5.74) is -1.20. The second-order valence-electron chi connectivity index (χ2n) is 3.65. The molecule has 20 heavy (non-hydrogen) atoms. The van der Waals surface area contributed by atoms with Crippen molar-refractivity contribution in [3.05, 3.63) is 35.4 Å². The van der Waals surface area contributed by atoms with E-state index in [0.29, 0.717) is 12.1 Å². The van der Waals surface area contributed by atoms with Gasteiger partial charge in [-0.15, -0.1) is 0 Å². The molecule has 0 fully saturated rings. The Labute approximate surface area is 108 Å². The molecule has 0 saturated heterocycles. The predicted molar refractivity (Wildman–Crippen MR) is 54.0 cm³/mol. The monoisotopic (exact) mass is 296 g/mol. The highest BCUT2D eigenvalue weighted by Gasteiger charge is 2.40. The molecule has 3 nitrogen and oxygen atoms in total. The number of nitrogens with zero attached hydrogens (tertiary/aromatic N) is 1. The van der Waals surface area contributed by atoms with E-state index in [1.807, 2.05) is 0 Å². The van der Waals surface area contributed by atoms with Gasteiger partial charge in [0.05, 0.1) is 11.6 Å². The largest absolute Gasteiger partial charge is 0.471 e. The summed E-state index contributed by atoms with van der Waals surface area (Å²) >= 11 is 0. The summed E-state index contributed by atoms with van der Waals surface area (Å²) in [6.45, 7) is 0. The average molecular weight is 296 g/mol. The minimum Gasteiger partial charge on any atom is -0.329 e. The maximum Gasteiger partial charge on any atom is 0.471 e. The molecule has 9 heteroatoms. The van der Waals surface area contributed by atoms with Gasteiger partial charge in [-0.25, -0.2) is 0 Å². The van der Waals surface area contributed by atoms with Crippen LogP contribution >= 0.6 is 0 Å². The molecular formula is C11H6F6N2O. The Balaban J connectivity index is 2.93. The van der Waals surface area contributed by atoms with Gasteiger partial charge in [-0.05, 0) is 17.7 Å². The molecule has 1 amide bonds. The first-order chi connectivity index (χ1) is 9.05. The van der Waals surface area contributed by atoms with Crippen LogP contribution in [-0.2, 0) is 11.0 Å². The third-order valence-electron chi connectivity index (χ3n) is 2.23. The van der Waals surface area contributed by atoms with Crippen LogP contribution in [0.25, 0.3) is 0 Å². The van der Waals surface area contributed by atoms with Crippen LogP contribution in [0.15, 0.2) is 24.3 Å². The molecule has 1 aromatic rings. The lowest BCUT2D eigenvalue weighted by molar-refractivity contribution is -0.174. The van der Waals surface area contributed by atoms with Crippen LogP contribution in [0.3, 0.4) is 0 Å². The van der Waals surface area contributed by atoms with Crippen LogP contribution in [0.5, 0.6) is 0 Å². The molecule has 0 aromatic heterocycles. The molecule has 1 rings (SSSR count). The van der Waals surface area contributed by atoms with E-state index in [4.69, 9.17) is 5.26 Å². The highest BCUT2D eigenvalue weighted by molar-refractivity contribution is 5.82. The zero-order valence-electron chi connectivity index (χ0n) is 9.51. The molecule has 0 bridgehead atoms. The molecule has 0 spiro atoms. The van der Waals surface area contributed by atoms with Crippen LogP contribution in [-0.4, -0.2) is 12.1 Å². The van der Waals surface area contributed by atoms with Gasteiger partial charge < -0.3 is 5.32 Å². The molecule has 1 unspecified atom stereocenters. The molecular weight excluding hydrogens is 290 g/mol. The summed E-state index contributed by atoms with van der Waals surface area (Å²) in [5.74, 6) is -2.34. The number of halogens is 6. The number of carbonyl (C=O) groups excluding carboxylic acids is 1. The van der Waals surface area contributed by atoms with Gasteiger partial charge in [-0.2, -0.15) is 31.6 Å². The Hall–Kier alpha value is -2.24. The lowest BCUT2D eigenvalue weighted by atomic mass is 10.1. The van der Waals surface area contributed by atoms with Crippen LogP contribution in [0.4, 0.5) is 26.3 Å². The molecule has 1 aromatic carbocycles. The minimum absolute atomic E-state index is 0.182. The van der Waals surface area contributed by atoms with Crippen molar-refractivity contribution in [3.8, 4) is 6.07 Å². The van der Waals surface area contributed by atoms with Gasteiger partial charge in [0.15, 0.2) is 0 Å². The third kappa shape index (κ3) is 3.88. The number of carbonyl (C=O) groups is 1. The van der Waals surface area contributed by atoms with E-state index < -0.39 is 29.9 Å². The van der Waals surface area contributed by atoms with Crippen molar-refractivity contribution in [2.24, 2.45) is 0 Å². The molecule has 0 saturated carbocycles. The molecule has 1 atom stereocenters. The van der Waals surface area contributed by atoms with E-state index >= 15 is 0 Å². The molecule has 0 heterocycles. The van der Waals surface area contributed by atoms with E-state index in [0.717, 1.165) is 12.1 Å². The van der Waals surface area contributed by atoms with Gasteiger partial charge in [0.25, 0.3) is 0 Å². The summed E-state index contributed by atoms with van der Waals surface area (Å²) < 4.78 is 72.9. The number of rotatable bonds is 2. The van der Waals surface area contributed by atoms with Crippen LogP contribution in [0, 0.1) is 11.3 Å². The zero-order chi connectivity index (χ0) is 15.6. The van der Waals surface area contributed by atoms with Crippen molar-refractivity contribution in [2.75, 3.05) is 0 Å². The Bertz CT molecular complexity index is 526. The SMILES string of the molecule is N#CC(NC(=O)C(F)(F)F)c1ccc(C(F)(F)F)cc1. The Kier molecular flexibility index (Phi) is 4.27. The zero-order valence-corrected chi connectivity index (χ0v) is 9.51. The van der Waals surface area contributed by atoms with Gasteiger partial charge in [0, 0.05) is 0 Å². The van der Waals surface area contributed by atoms with Crippen molar-refractivity contribution < 1.29 is 31.1 Å². The number of benzene rings is 1. The van der Waals surface area contributed by atoms with E-state index in [1.165, 1.54) is 11.4 Å². The molecule has 1 N–H and O–H groups in total. The number of hydrogen-bond acceptors (Lipinski definition) is 2. The van der Waals surface area contributed by atoms with Crippen molar-refractivity contribution in [3.63, 3.8) is 0 Å². The van der Waals surface area contributed by atoms with E-state index in [-0.39, 0.29) is 5.56 Å². The molecule has 0 aliphatic heterocycles. The topological polar surface area (TPSA) is 52.9 Å². The summed E-state index contributed by atoms with van der Waals surface area (Å²) in [7, 11) is 0. The quantitative estimate of drug-likeness (QED) is 0.853. The maximum atomic E-state index is 12.3. The first kappa shape index (κ1) is 15.8. The summed E-state index contributed by atoms with van der Waals surface area (Å²) in [4.78, 5) is 10.7. The van der Waals surface area contributed by atoms with Gasteiger partial charge in [0.2, 0.25) is 0 Å². The van der Waals surface area contributed by atoms with Gasteiger partial charge in [-0.3, -0.25) is 4.79 Å². The Morgan fingerprint density at radius 3 is 1.95 bits per heavy atom. The second kappa shape index (κ2) is 5.40. The van der Waals surface area contributed by atoms with Crippen molar-refractivity contribution in [1.29, 1.82) is 5.26 Å². The molecule has 0 aliphatic carbocycles. The van der Waals surface area contributed by atoms with E-state index in [1.54, 1.807) is 0 Å². The Morgan fingerprint density at radius 2 is 1.60 bits per heavy atom. The summed E-state index contributed by atoms with van der Waals surface area (Å²) in [6.07, 6.45) is -9.78. The fourth-order valence-corrected chi connectivity index (χ4v) is 1.27. The number of alkyl halides is 6. The summed E-state index contributed by atoms with van der Waals surface area (Å²) in [6, 6.07) is 2.55. The first-order valence-corrected chi connectivity index (χ1v) is 5.00. The minimum atomic E-state index is -5.18. The van der Waals surface area contributed by atoms with Crippen LogP contribution in [0.2, 0.25) is 0 Å². The van der Waals surface area contributed by atoms with Crippen molar-refractivity contribution in [2.45, 2.75) is 18.4 Å². The van der Waals surface area contributed by atoms with Gasteiger partial charge in [0.1, 0.15) is 6.04 Å².